The summed E-state index contributed by atoms with van der Waals surface area (Å²) in [7, 11) is 0. The van der Waals surface area contributed by atoms with Crippen molar-refractivity contribution in [2.24, 2.45) is 0 Å². The smallest absolute Gasteiger partial charge is 0.0345 e. The van der Waals surface area contributed by atoms with E-state index in [0.717, 1.165) is 31.8 Å². The van der Waals surface area contributed by atoms with Gasteiger partial charge in [-0.2, -0.15) is 0 Å². The van der Waals surface area contributed by atoms with E-state index >= 15 is 0 Å². The summed E-state index contributed by atoms with van der Waals surface area (Å²) in [6.07, 6.45) is 2.15. The molecule has 2 rings (SSSR count). The highest BCUT2D eigenvalue weighted by molar-refractivity contribution is 7.17. The van der Waals surface area contributed by atoms with Gasteiger partial charge in [0.25, 0.3) is 0 Å². The van der Waals surface area contributed by atoms with Crippen molar-refractivity contribution in [2.45, 2.75) is 12.8 Å². The van der Waals surface area contributed by atoms with Crippen molar-refractivity contribution in [3.05, 3.63) is 35.2 Å². The minimum absolute atomic E-state index is 0.744. The molecule has 1 heterocycles. The summed E-state index contributed by atoms with van der Waals surface area (Å²) in [6, 6.07) is 8.60. The number of benzene rings is 1. The summed E-state index contributed by atoms with van der Waals surface area (Å²) in [5.41, 5.74) is 1.46. The summed E-state index contributed by atoms with van der Waals surface area (Å²) in [6.45, 7) is 2.06. The molecule has 0 saturated carbocycles. The normalized spacial score (nSPS) is 11.1. The van der Waals surface area contributed by atoms with Crippen LogP contribution in [0.15, 0.2) is 29.6 Å². The molecule has 0 radical (unpaired) electrons. The van der Waals surface area contributed by atoms with Gasteiger partial charge in [0.15, 0.2) is 0 Å². The maximum atomic E-state index is 5.62. The summed E-state index contributed by atoms with van der Waals surface area (Å²) in [5.74, 6) is 0.744. The molecular formula is C13H16ClNS. The van der Waals surface area contributed by atoms with E-state index in [1.807, 2.05) is 11.3 Å². The quantitative estimate of drug-likeness (QED) is 0.612. The Hall–Kier alpha value is -0.570. The SMILES string of the molecule is ClCCCNCCc1csc2ccccc12. The number of hydrogen-bond acceptors (Lipinski definition) is 2. The van der Waals surface area contributed by atoms with Crippen molar-refractivity contribution in [2.75, 3.05) is 19.0 Å². The molecule has 0 aliphatic carbocycles. The summed E-state index contributed by atoms with van der Waals surface area (Å²) in [4.78, 5) is 0. The maximum Gasteiger partial charge on any atom is 0.0345 e. The molecule has 3 heteroatoms. The van der Waals surface area contributed by atoms with Crippen LogP contribution in [0, 0.1) is 0 Å². The van der Waals surface area contributed by atoms with Gasteiger partial charge in [0.05, 0.1) is 0 Å². The van der Waals surface area contributed by atoms with Crippen LogP contribution in [-0.2, 0) is 6.42 Å². The van der Waals surface area contributed by atoms with Gasteiger partial charge in [-0.05, 0) is 48.3 Å². The number of rotatable bonds is 6. The Morgan fingerprint density at radius 3 is 2.94 bits per heavy atom. The van der Waals surface area contributed by atoms with Gasteiger partial charge >= 0.3 is 0 Å². The molecule has 1 aromatic carbocycles. The van der Waals surface area contributed by atoms with Gasteiger partial charge in [-0.15, -0.1) is 22.9 Å². The molecule has 86 valence electrons. The third-order valence-corrected chi connectivity index (χ3v) is 3.90. The van der Waals surface area contributed by atoms with E-state index in [9.17, 15) is 0 Å². The average Bonchev–Trinajstić information content (AvgIpc) is 2.73. The zero-order valence-electron chi connectivity index (χ0n) is 9.21. The van der Waals surface area contributed by atoms with Crippen LogP contribution in [0.3, 0.4) is 0 Å². The van der Waals surface area contributed by atoms with Crippen LogP contribution in [0.2, 0.25) is 0 Å². The summed E-state index contributed by atoms with van der Waals surface area (Å²) >= 11 is 7.45. The van der Waals surface area contributed by atoms with E-state index in [2.05, 4.69) is 35.0 Å². The van der Waals surface area contributed by atoms with Crippen molar-refractivity contribution in [3.63, 3.8) is 0 Å². The molecule has 0 unspecified atom stereocenters. The first-order valence-electron chi connectivity index (χ1n) is 5.63. The van der Waals surface area contributed by atoms with Crippen molar-refractivity contribution < 1.29 is 0 Å². The van der Waals surface area contributed by atoms with Crippen LogP contribution >= 0.6 is 22.9 Å². The van der Waals surface area contributed by atoms with Crippen LogP contribution in [0.25, 0.3) is 10.1 Å². The van der Waals surface area contributed by atoms with Crippen LogP contribution < -0.4 is 5.32 Å². The van der Waals surface area contributed by atoms with E-state index in [-0.39, 0.29) is 0 Å². The lowest BCUT2D eigenvalue weighted by Gasteiger charge is -2.02. The lowest BCUT2D eigenvalue weighted by Crippen LogP contribution is -2.18. The number of fused-ring (bicyclic) bond motifs is 1. The van der Waals surface area contributed by atoms with E-state index in [1.54, 1.807) is 0 Å². The molecular weight excluding hydrogens is 238 g/mol. The largest absolute Gasteiger partial charge is 0.316 e. The first kappa shape index (κ1) is 11.9. The average molecular weight is 254 g/mol. The predicted octanol–water partition coefficient (Wildman–Crippen LogP) is 3.66. The van der Waals surface area contributed by atoms with Gasteiger partial charge in [-0.1, -0.05) is 18.2 Å². The second-order valence-electron chi connectivity index (χ2n) is 3.80. The highest BCUT2D eigenvalue weighted by Gasteiger charge is 2.02. The highest BCUT2D eigenvalue weighted by atomic mass is 35.5. The molecule has 1 N–H and O–H groups in total. The number of halogens is 1. The van der Waals surface area contributed by atoms with Crippen molar-refractivity contribution in [1.29, 1.82) is 0 Å². The number of nitrogens with one attached hydrogen (secondary N) is 1. The fourth-order valence-electron chi connectivity index (χ4n) is 1.77. The first-order valence-corrected chi connectivity index (χ1v) is 7.05. The second-order valence-corrected chi connectivity index (χ2v) is 5.09. The van der Waals surface area contributed by atoms with Crippen LogP contribution in [0.1, 0.15) is 12.0 Å². The van der Waals surface area contributed by atoms with Gasteiger partial charge in [0.2, 0.25) is 0 Å². The molecule has 0 fully saturated rings. The Balaban J connectivity index is 1.89. The molecule has 1 aromatic heterocycles. The standard InChI is InChI=1S/C13H16ClNS/c14-7-3-8-15-9-6-11-10-16-13-5-2-1-4-12(11)13/h1-2,4-5,10,15H,3,6-9H2. The Bertz CT molecular complexity index is 438. The highest BCUT2D eigenvalue weighted by Crippen LogP contribution is 2.25. The van der Waals surface area contributed by atoms with Crippen molar-refractivity contribution in [1.82, 2.24) is 5.32 Å². The zero-order chi connectivity index (χ0) is 11.2. The molecule has 0 saturated heterocycles. The first-order chi connectivity index (χ1) is 7.92. The van der Waals surface area contributed by atoms with Crippen LogP contribution in [0.5, 0.6) is 0 Å². The fraction of sp³-hybridized carbons (Fsp3) is 0.385. The molecule has 0 aliphatic rings. The van der Waals surface area contributed by atoms with Gasteiger partial charge in [0, 0.05) is 10.6 Å². The van der Waals surface area contributed by atoms with E-state index in [4.69, 9.17) is 11.6 Å². The molecule has 16 heavy (non-hydrogen) atoms. The van der Waals surface area contributed by atoms with Crippen LogP contribution in [-0.4, -0.2) is 19.0 Å². The maximum absolute atomic E-state index is 5.62. The third kappa shape index (κ3) is 2.97. The Morgan fingerprint density at radius 1 is 1.19 bits per heavy atom. The van der Waals surface area contributed by atoms with Gasteiger partial charge < -0.3 is 5.32 Å². The topological polar surface area (TPSA) is 12.0 Å². The molecule has 0 atom stereocenters. The van der Waals surface area contributed by atoms with E-state index in [0.29, 0.717) is 0 Å². The Morgan fingerprint density at radius 2 is 2.06 bits per heavy atom. The summed E-state index contributed by atoms with van der Waals surface area (Å²) in [5, 5.41) is 7.09. The van der Waals surface area contributed by atoms with Crippen molar-refractivity contribution in [3.8, 4) is 0 Å². The van der Waals surface area contributed by atoms with Gasteiger partial charge in [-0.3, -0.25) is 0 Å². The Labute approximate surface area is 105 Å². The number of hydrogen-bond donors (Lipinski definition) is 1. The minimum Gasteiger partial charge on any atom is -0.316 e. The molecule has 0 amide bonds. The molecule has 2 aromatic rings. The Kier molecular flexibility index (Phi) is 4.64. The molecule has 0 bridgehead atoms. The molecule has 1 nitrogen and oxygen atoms in total. The molecule has 0 spiro atoms. The molecule has 0 aliphatic heterocycles. The lowest BCUT2D eigenvalue weighted by molar-refractivity contribution is 0.675. The number of thiophene rings is 1. The lowest BCUT2D eigenvalue weighted by atomic mass is 10.1. The van der Waals surface area contributed by atoms with E-state index in [1.165, 1.54) is 15.6 Å². The predicted molar refractivity (Wildman–Crippen MR) is 73.7 cm³/mol. The van der Waals surface area contributed by atoms with E-state index < -0.39 is 0 Å². The fourth-order valence-corrected chi connectivity index (χ4v) is 2.90. The monoisotopic (exact) mass is 253 g/mol. The van der Waals surface area contributed by atoms with Crippen LogP contribution in [0.4, 0.5) is 0 Å². The second kappa shape index (κ2) is 6.24. The minimum atomic E-state index is 0.744. The number of alkyl halides is 1. The van der Waals surface area contributed by atoms with Crippen molar-refractivity contribution >= 4 is 33.0 Å². The van der Waals surface area contributed by atoms with Gasteiger partial charge in [0.1, 0.15) is 0 Å². The zero-order valence-corrected chi connectivity index (χ0v) is 10.8. The van der Waals surface area contributed by atoms with Gasteiger partial charge in [-0.25, -0.2) is 0 Å². The third-order valence-electron chi connectivity index (χ3n) is 2.62. The summed E-state index contributed by atoms with van der Waals surface area (Å²) < 4.78 is 1.39.